The molecule has 126 valence electrons. The number of halogens is 3. The Balaban J connectivity index is 2.29. The van der Waals surface area contributed by atoms with Crippen LogP contribution in [0.15, 0.2) is 17.6 Å². The molecule has 2 heterocycles. The summed E-state index contributed by atoms with van der Waals surface area (Å²) < 4.78 is -1.10. The fraction of sp³-hybridized carbons (Fsp3) is 0.312. The second-order valence-electron chi connectivity index (χ2n) is 5.79. The highest BCUT2D eigenvalue weighted by Gasteiger charge is 2.32. The van der Waals surface area contributed by atoms with Crippen LogP contribution in [0.2, 0.25) is 0 Å². The Morgan fingerprint density at radius 2 is 2.00 bits per heavy atom. The zero-order valence-electron chi connectivity index (χ0n) is 13.2. The summed E-state index contributed by atoms with van der Waals surface area (Å²) in [5.74, 6) is -0.124. The molecule has 0 fully saturated rings. The highest BCUT2D eigenvalue weighted by atomic mass is 35.6. The molecule has 1 aromatic carbocycles. The number of thiazole rings is 1. The molecule has 0 spiro atoms. The Morgan fingerprint density at radius 3 is 2.62 bits per heavy atom. The quantitative estimate of drug-likeness (QED) is 0.569. The lowest BCUT2D eigenvalue weighted by molar-refractivity contribution is -0.115. The second-order valence-corrected chi connectivity index (χ2v) is 8.92. The smallest absolute Gasteiger partial charge is 0.277 e. The summed E-state index contributed by atoms with van der Waals surface area (Å²) in [6, 6.07) is 3.96. The normalized spacial score (nSPS) is 12.3. The van der Waals surface area contributed by atoms with E-state index in [1.807, 2.05) is 12.1 Å². The summed E-state index contributed by atoms with van der Waals surface area (Å²) in [6.45, 7) is 6.38. The van der Waals surface area contributed by atoms with E-state index < -0.39 is 9.70 Å². The second kappa shape index (κ2) is 6.30. The Hall–Kier alpha value is -1.14. The first-order chi connectivity index (χ1) is 11.2. The lowest BCUT2D eigenvalue weighted by Crippen LogP contribution is -2.27. The van der Waals surface area contributed by atoms with Crippen molar-refractivity contribution in [2.24, 2.45) is 0 Å². The molecule has 0 unspecified atom stereocenters. The predicted octanol–water partition coefficient (Wildman–Crippen LogP) is 5.59. The Labute approximate surface area is 158 Å². The predicted molar refractivity (Wildman–Crippen MR) is 103 cm³/mol. The molecule has 1 N–H and O–H groups in total. The highest BCUT2D eigenvalue weighted by molar-refractivity contribution is 7.17. The molecule has 0 atom stereocenters. The SMILES string of the molecule is Cc1ccc2nc(NC(=O)C(Cl)(Cl)Cl)c3ncsc3c2c1C(C)C. The van der Waals surface area contributed by atoms with Gasteiger partial charge in [-0.25, -0.2) is 9.97 Å². The van der Waals surface area contributed by atoms with Gasteiger partial charge < -0.3 is 5.32 Å². The van der Waals surface area contributed by atoms with Gasteiger partial charge in [0.15, 0.2) is 5.82 Å². The van der Waals surface area contributed by atoms with Gasteiger partial charge in [-0.15, -0.1) is 11.3 Å². The van der Waals surface area contributed by atoms with Gasteiger partial charge in [-0.3, -0.25) is 4.79 Å². The zero-order valence-corrected chi connectivity index (χ0v) is 16.2. The molecule has 4 nitrogen and oxygen atoms in total. The summed E-state index contributed by atoms with van der Waals surface area (Å²) in [6.07, 6.45) is 0. The van der Waals surface area contributed by atoms with Crippen LogP contribution in [-0.2, 0) is 4.79 Å². The summed E-state index contributed by atoms with van der Waals surface area (Å²) in [5, 5.41) is 3.63. The minimum Gasteiger partial charge on any atom is -0.305 e. The lowest BCUT2D eigenvalue weighted by Gasteiger charge is -2.16. The van der Waals surface area contributed by atoms with E-state index in [0.29, 0.717) is 17.3 Å². The van der Waals surface area contributed by atoms with Crippen LogP contribution >= 0.6 is 46.1 Å². The molecule has 0 aliphatic rings. The molecule has 0 aliphatic heterocycles. The van der Waals surface area contributed by atoms with Gasteiger partial charge in [-0.2, -0.15) is 0 Å². The van der Waals surface area contributed by atoms with E-state index in [-0.39, 0.29) is 0 Å². The van der Waals surface area contributed by atoms with Crippen LogP contribution in [-0.4, -0.2) is 19.7 Å². The number of carbonyl (C=O) groups excluding carboxylic acids is 1. The van der Waals surface area contributed by atoms with Gasteiger partial charge in [0.2, 0.25) is 0 Å². The van der Waals surface area contributed by atoms with E-state index in [0.717, 1.165) is 15.6 Å². The van der Waals surface area contributed by atoms with Crippen molar-refractivity contribution in [2.75, 3.05) is 5.32 Å². The van der Waals surface area contributed by atoms with Crippen molar-refractivity contribution in [1.29, 1.82) is 0 Å². The first kappa shape index (κ1) is 17.7. The molecule has 3 aromatic rings. The number of alkyl halides is 3. The van der Waals surface area contributed by atoms with Gasteiger partial charge >= 0.3 is 0 Å². The maximum atomic E-state index is 12.0. The third-order valence-electron chi connectivity index (χ3n) is 3.76. The average molecular weight is 403 g/mol. The number of amides is 1. The van der Waals surface area contributed by atoms with Crippen molar-refractivity contribution in [1.82, 2.24) is 9.97 Å². The van der Waals surface area contributed by atoms with Crippen LogP contribution in [0.1, 0.15) is 30.9 Å². The molecule has 0 bridgehead atoms. The van der Waals surface area contributed by atoms with Crippen LogP contribution < -0.4 is 5.32 Å². The van der Waals surface area contributed by atoms with E-state index in [1.54, 1.807) is 5.51 Å². The summed E-state index contributed by atoms with van der Waals surface area (Å²) >= 11 is 18.4. The lowest BCUT2D eigenvalue weighted by atomic mass is 9.93. The van der Waals surface area contributed by atoms with Gasteiger partial charge in [-0.1, -0.05) is 54.7 Å². The maximum absolute atomic E-state index is 12.0. The van der Waals surface area contributed by atoms with Crippen LogP contribution in [0.3, 0.4) is 0 Å². The Morgan fingerprint density at radius 1 is 1.29 bits per heavy atom. The first-order valence-electron chi connectivity index (χ1n) is 7.24. The van der Waals surface area contributed by atoms with Gasteiger partial charge in [0, 0.05) is 5.39 Å². The van der Waals surface area contributed by atoms with E-state index in [9.17, 15) is 4.79 Å². The molecule has 0 saturated carbocycles. The third-order valence-corrected chi connectivity index (χ3v) is 5.12. The molecule has 0 radical (unpaired) electrons. The number of aryl methyl sites for hydroxylation is 1. The topological polar surface area (TPSA) is 54.9 Å². The fourth-order valence-electron chi connectivity index (χ4n) is 2.82. The molecule has 3 rings (SSSR count). The van der Waals surface area contributed by atoms with E-state index in [1.165, 1.54) is 22.5 Å². The average Bonchev–Trinajstić information content (AvgIpc) is 2.96. The fourth-order valence-corrected chi connectivity index (χ4v) is 3.82. The Bertz CT molecular complexity index is 947. The number of anilines is 1. The van der Waals surface area contributed by atoms with Crippen LogP contribution in [0, 0.1) is 6.92 Å². The van der Waals surface area contributed by atoms with E-state index >= 15 is 0 Å². The minimum absolute atomic E-state index is 0.300. The number of rotatable bonds is 2. The zero-order chi connectivity index (χ0) is 17.6. The number of carbonyl (C=O) groups is 1. The number of aromatic nitrogens is 2. The number of fused-ring (bicyclic) bond motifs is 3. The molecule has 0 aliphatic carbocycles. The number of hydrogen-bond donors (Lipinski definition) is 1. The standard InChI is InChI=1S/C16H14Cl3N3OS/c1-7(2)10-8(3)4-5-9-11(10)13-12(20-6-24-13)14(21-9)22-15(23)16(17,18)19/h4-7H,1-3H3,(H,21,22,23). The van der Waals surface area contributed by atoms with Gasteiger partial charge in [0.1, 0.15) is 5.52 Å². The van der Waals surface area contributed by atoms with Crippen molar-refractivity contribution in [2.45, 2.75) is 30.5 Å². The van der Waals surface area contributed by atoms with Crippen LogP contribution in [0.5, 0.6) is 0 Å². The van der Waals surface area contributed by atoms with Crippen molar-refractivity contribution >= 4 is 79.0 Å². The van der Waals surface area contributed by atoms with Crippen LogP contribution in [0.4, 0.5) is 5.82 Å². The molecular formula is C16H14Cl3N3OS. The monoisotopic (exact) mass is 401 g/mol. The molecule has 2 aromatic heterocycles. The first-order valence-corrected chi connectivity index (χ1v) is 9.26. The number of nitrogens with one attached hydrogen (secondary N) is 1. The number of pyridine rings is 1. The van der Waals surface area contributed by atoms with Gasteiger partial charge in [-0.05, 0) is 30.0 Å². The van der Waals surface area contributed by atoms with E-state index in [4.69, 9.17) is 34.8 Å². The molecular weight excluding hydrogens is 389 g/mol. The molecule has 24 heavy (non-hydrogen) atoms. The van der Waals surface area contributed by atoms with Gasteiger partial charge in [0.05, 0.1) is 15.7 Å². The number of hydrogen-bond acceptors (Lipinski definition) is 4. The number of benzene rings is 1. The van der Waals surface area contributed by atoms with Crippen LogP contribution in [0.25, 0.3) is 21.1 Å². The van der Waals surface area contributed by atoms with Crippen molar-refractivity contribution in [3.05, 3.63) is 28.8 Å². The summed E-state index contributed by atoms with van der Waals surface area (Å²) in [5.41, 5.74) is 5.53. The van der Waals surface area contributed by atoms with E-state index in [2.05, 4.69) is 36.1 Å². The maximum Gasteiger partial charge on any atom is 0.277 e. The summed E-state index contributed by atoms with van der Waals surface area (Å²) in [4.78, 5) is 20.9. The molecule has 8 heteroatoms. The summed E-state index contributed by atoms with van der Waals surface area (Å²) in [7, 11) is 0. The molecule has 0 saturated heterocycles. The van der Waals surface area contributed by atoms with Crippen molar-refractivity contribution in [3.63, 3.8) is 0 Å². The minimum atomic E-state index is -2.06. The van der Waals surface area contributed by atoms with Gasteiger partial charge in [0.25, 0.3) is 9.70 Å². The Kier molecular flexibility index (Phi) is 4.64. The number of nitrogens with zero attached hydrogens (tertiary/aromatic N) is 2. The molecule has 1 amide bonds. The largest absolute Gasteiger partial charge is 0.305 e. The third kappa shape index (κ3) is 3.06. The van der Waals surface area contributed by atoms with Crippen molar-refractivity contribution in [3.8, 4) is 0 Å². The highest BCUT2D eigenvalue weighted by Crippen LogP contribution is 2.38. The van der Waals surface area contributed by atoms with Crippen molar-refractivity contribution < 1.29 is 4.79 Å².